The van der Waals surface area contributed by atoms with Gasteiger partial charge in [-0.3, -0.25) is 0 Å². The van der Waals surface area contributed by atoms with Gasteiger partial charge in [-0.1, -0.05) is 23.7 Å². The summed E-state index contributed by atoms with van der Waals surface area (Å²) in [5, 5.41) is 4.54. The molecule has 0 spiro atoms. The van der Waals surface area contributed by atoms with Crippen LogP contribution in [0.1, 0.15) is 31.2 Å². The van der Waals surface area contributed by atoms with Crippen LogP contribution in [0.2, 0.25) is 5.02 Å². The van der Waals surface area contributed by atoms with Crippen LogP contribution in [0.15, 0.2) is 24.3 Å². The summed E-state index contributed by atoms with van der Waals surface area (Å²) in [6, 6.07) is 9.96. The van der Waals surface area contributed by atoms with E-state index in [0.29, 0.717) is 0 Å². The van der Waals surface area contributed by atoms with Gasteiger partial charge < -0.3 is 5.32 Å². The van der Waals surface area contributed by atoms with Crippen LogP contribution in [0, 0.1) is 5.92 Å². The quantitative estimate of drug-likeness (QED) is 0.829. The molecule has 0 aliphatic carbocycles. The predicted octanol–water partition coefficient (Wildman–Crippen LogP) is 3.41. The first-order valence-corrected chi connectivity index (χ1v) is 6.68. The molecule has 1 aromatic carbocycles. The van der Waals surface area contributed by atoms with Crippen LogP contribution in [0.25, 0.3) is 0 Å². The first kappa shape index (κ1) is 10.6. The molecular weight excluding hydrogens is 218 g/mol. The molecule has 2 saturated heterocycles. The van der Waals surface area contributed by atoms with Crippen molar-refractivity contribution >= 4 is 11.6 Å². The molecule has 1 N–H and O–H groups in total. The van der Waals surface area contributed by atoms with Gasteiger partial charge in [0.25, 0.3) is 0 Å². The summed E-state index contributed by atoms with van der Waals surface area (Å²) in [6.45, 7) is 0. The zero-order valence-corrected chi connectivity index (χ0v) is 10.2. The minimum absolute atomic E-state index is 0.802. The lowest BCUT2D eigenvalue weighted by Crippen LogP contribution is -2.38. The van der Waals surface area contributed by atoms with Gasteiger partial charge in [0.05, 0.1) is 0 Å². The smallest absolute Gasteiger partial charge is 0.0406 e. The summed E-state index contributed by atoms with van der Waals surface area (Å²) < 4.78 is 0. The number of benzene rings is 1. The second kappa shape index (κ2) is 4.38. The molecule has 2 fully saturated rings. The van der Waals surface area contributed by atoms with Crippen molar-refractivity contribution in [2.24, 2.45) is 5.92 Å². The Morgan fingerprint density at radius 3 is 2.31 bits per heavy atom. The van der Waals surface area contributed by atoms with Gasteiger partial charge in [0.15, 0.2) is 0 Å². The molecule has 3 rings (SSSR count). The SMILES string of the molecule is Clc1ccc(CC2C[C@H]3CC[C@@H](C2)N3)cc1. The van der Waals surface area contributed by atoms with E-state index in [9.17, 15) is 0 Å². The second-order valence-corrected chi connectivity index (χ2v) is 5.74. The Labute approximate surface area is 102 Å². The van der Waals surface area contributed by atoms with Gasteiger partial charge in [-0.2, -0.15) is 0 Å². The third-order valence-electron chi connectivity index (χ3n) is 4.01. The molecule has 0 amide bonds. The number of nitrogens with one attached hydrogen (secondary N) is 1. The van der Waals surface area contributed by atoms with E-state index in [1.54, 1.807) is 0 Å². The lowest BCUT2D eigenvalue weighted by Gasteiger charge is -2.29. The molecule has 86 valence electrons. The number of hydrogen-bond acceptors (Lipinski definition) is 1. The van der Waals surface area contributed by atoms with E-state index < -0.39 is 0 Å². The van der Waals surface area contributed by atoms with E-state index in [1.165, 1.54) is 37.7 Å². The van der Waals surface area contributed by atoms with Gasteiger partial charge in [0, 0.05) is 17.1 Å². The van der Waals surface area contributed by atoms with E-state index in [-0.39, 0.29) is 0 Å². The summed E-state index contributed by atoms with van der Waals surface area (Å²) in [6.07, 6.45) is 6.73. The second-order valence-electron chi connectivity index (χ2n) is 5.31. The van der Waals surface area contributed by atoms with Gasteiger partial charge >= 0.3 is 0 Å². The Bertz CT molecular complexity index is 348. The zero-order chi connectivity index (χ0) is 11.0. The van der Waals surface area contributed by atoms with Gasteiger partial charge in [-0.05, 0) is 55.7 Å². The molecule has 0 saturated carbocycles. The third-order valence-corrected chi connectivity index (χ3v) is 4.26. The molecule has 1 nitrogen and oxygen atoms in total. The molecule has 1 aromatic rings. The molecule has 1 unspecified atom stereocenters. The van der Waals surface area contributed by atoms with Crippen molar-refractivity contribution in [1.82, 2.24) is 5.32 Å². The summed E-state index contributed by atoms with van der Waals surface area (Å²) in [4.78, 5) is 0. The first-order valence-electron chi connectivity index (χ1n) is 6.30. The maximum atomic E-state index is 5.90. The molecule has 16 heavy (non-hydrogen) atoms. The Kier molecular flexibility index (Phi) is 2.91. The van der Waals surface area contributed by atoms with Crippen molar-refractivity contribution in [3.05, 3.63) is 34.9 Å². The summed E-state index contributed by atoms with van der Waals surface area (Å²) in [7, 11) is 0. The maximum Gasteiger partial charge on any atom is 0.0406 e. The zero-order valence-electron chi connectivity index (χ0n) is 9.45. The van der Waals surface area contributed by atoms with Gasteiger partial charge in [-0.25, -0.2) is 0 Å². The molecule has 2 heterocycles. The standard InChI is InChI=1S/C14H18ClN/c15-12-3-1-10(2-4-12)7-11-8-13-5-6-14(9-11)16-13/h1-4,11,13-14,16H,5-9H2/t11?,13-,14+. The molecule has 2 bridgehead atoms. The van der Waals surface area contributed by atoms with Crippen LogP contribution < -0.4 is 5.32 Å². The van der Waals surface area contributed by atoms with E-state index in [1.807, 2.05) is 12.1 Å². The van der Waals surface area contributed by atoms with Crippen molar-refractivity contribution in [1.29, 1.82) is 0 Å². The Hall–Kier alpha value is -0.530. The highest BCUT2D eigenvalue weighted by molar-refractivity contribution is 6.30. The highest BCUT2D eigenvalue weighted by atomic mass is 35.5. The van der Waals surface area contributed by atoms with E-state index >= 15 is 0 Å². The number of hydrogen-bond donors (Lipinski definition) is 1. The highest BCUT2D eigenvalue weighted by Gasteiger charge is 2.33. The van der Waals surface area contributed by atoms with Crippen LogP contribution in [-0.2, 0) is 6.42 Å². The largest absolute Gasteiger partial charge is 0.311 e. The van der Waals surface area contributed by atoms with Crippen molar-refractivity contribution in [3.8, 4) is 0 Å². The molecule has 2 heteroatoms. The number of fused-ring (bicyclic) bond motifs is 2. The Morgan fingerprint density at radius 2 is 1.69 bits per heavy atom. The fraction of sp³-hybridized carbons (Fsp3) is 0.571. The molecular formula is C14H18ClN. The van der Waals surface area contributed by atoms with Crippen molar-refractivity contribution < 1.29 is 0 Å². The van der Waals surface area contributed by atoms with E-state index in [2.05, 4.69) is 17.4 Å². The summed E-state index contributed by atoms with van der Waals surface area (Å²) in [5.74, 6) is 0.875. The predicted molar refractivity (Wildman–Crippen MR) is 67.8 cm³/mol. The van der Waals surface area contributed by atoms with Gasteiger partial charge in [-0.15, -0.1) is 0 Å². The van der Waals surface area contributed by atoms with Crippen LogP contribution in [-0.4, -0.2) is 12.1 Å². The van der Waals surface area contributed by atoms with Crippen molar-refractivity contribution in [2.45, 2.75) is 44.2 Å². The van der Waals surface area contributed by atoms with Crippen LogP contribution in [0.4, 0.5) is 0 Å². The van der Waals surface area contributed by atoms with Crippen LogP contribution in [0.3, 0.4) is 0 Å². The average Bonchev–Trinajstić information content (AvgIpc) is 2.62. The molecule has 2 aliphatic heterocycles. The minimum Gasteiger partial charge on any atom is -0.311 e. The fourth-order valence-corrected chi connectivity index (χ4v) is 3.42. The Balaban J connectivity index is 1.64. The topological polar surface area (TPSA) is 12.0 Å². The van der Waals surface area contributed by atoms with Crippen LogP contribution >= 0.6 is 11.6 Å². The van der Waals surface area contributed by atoms with E-state index in [4.69, 9.17) is 11.6 Å². The fourth-order valence-electron chi connectivity index (χ4n) is 3.30. The van der Waals surface area contributed by atoms with E-state index in [0.717, 1.165) is 23.0 Å². The third kappa shape index (κ3) is 2.26. The molecule has 0 aromatic heterocycles. The van der Waals surface area contributed by atoms with Gasteiger partial charge in [0.2, 0.25) is 0 Å². The average molecular weight is 236 g/mol. The number of rotatable bonds is 2. The number of piperidine rings is 1. The maximum absolute atomic E-state index is 5.90. The minimum atomic E-state index is 0.802. The summed E-state index contributed by atoms with van der Waals surface area (Å²) in [5.41, 5.74) is 1.44. The molecule has 0 radical (unpaired) electrons. The lowest BCUT2D eigenvalue weighted by molar-refractivity contribution is 0.298. The summed E-state index contributed by atoms with van der Waals surface area (Å²) >= 11 is 5.90. The Morgan fingerprint density at radius 1 is 1.06 bits per heavy atom. The molecule has 2 aliphatic rings. The van der Waals surface area contributed by atoms with Crippen molar-refractivity contribution in [2.75, 3.05) is 0 Å². The lowest BCUT2D eigenvalue weighted by atomic mass is 9.87. The van der Waals surface area contributed by atoms with Gasteiger partial charge in [0.1, 0.15) is 0 Å². The first-order chi connectivity index (χ1) is 7.79. The van der Waals surface area contributed by atoms with Crippen LogP contribution in [0.5, 0.6) is 0 Å². The number of halogens is 1. The monoisotopic (exact) mass is 235 g/mol. The normalized spacial score (nSPS) is 32.9. The van der Waals surface area contributed by atoms with Crippen molar-refractivity contribution in [3.63, 3.8) is 0 Å². The highest BCUT2D eigenvalue weighted by Crippen LogP contribution is 2.32. The molecule has 3 atom stereocenters.